The minimum atomic E-state index is -0.0662. The number of carbonyl (C=O) groups is 2. The van der Waals surface area contributed by atoms with E-state index in [4.69, 9.17) is 9.47 Å². The third-order valence-electron chi connectivity index (χ3n) is 8.05. The van der Waals surface area contributed by atoms with Gasteiger partial charge in [0.25, 0.3) is 5.91 Å². The van der Waals surface area contributed by atoms with E-state index in [9.17, 15) is 9.59 Å². The summed E-state index contributed by atoms with van der Waals surface area (Å²) in [4.78, 5) is 29.6. The summed E-state index contributed by atoms with van der Waals surface area (Å²) in [7, 11) is 1.58. The molecule has 1 aromatic rings. The molecule has 2 aliphatic heterocycles. The highest BCUT2D eigenvalue weighted by Crippen LogP contribution is 2.29. The molecule has 0 unspecified atom stereocenters. The fourth-order valence-electron chi connectivity index (χ4n) is 5.73. The maximum Gasteiger partial charge on any atom is 0.260 e. The van der Waals surface area contributed by atoms with Gasteiger partial charge in [-0.15, -0.1) is 0 Å². The molecule has 2 saturated heterocycles. The van der Waals surface area contributed by atoms with E-state index in [1.165, 1.54) is 45.2 Å². The van der Waals surface area contributed by atoms with Gasteiger partial charge in [0.2, 0.25) is 5.91 Å². The lowest BCUT2D eigenvalue weighted by Crippen LogP contribution is -2.49. The predicted molar refractivity (Wildman–Crippen MR) is 142 cm³/mol. The van der Waals surface area contributed by atoms with Crippen LogP contribution in [0.2, 0.25) is 0 Å². The molecule has 1 aliphatic carbocycles. The molecule has 2 heterocycles. The largest absolute Gasteiger partial charge is 0.493 e. The Labute approximate surface area is 216 Å². The monoisotopic (exact) mass is 497 g/mol. The van der Waals surface area contributed by atoms with Crippen molar-refractivity contribution in [3.63, 3.8) is 0 Å². The van der Waals surface area contributed by atoms with Gasteiger partial charge in [0.1, 0.15) is 0 Å². The first-order valence-electron chi connectivity index (χ1n) is 13.8. The van der Waals surface area contributed by atoms with Gasteiger partial charge >= 0.3 is 0 Å². The average molecular weight is 498 g/mol. The van der Waals surface area contributed by atoms with E-state index >= 15 is 0 Å². The van der Waals surface area contributed by atoms with E-state index in [0.717, 1.165) is 50.3 Å². The van der Waals surface area contributed by atoms with Crippen LogP contribution in [-0.4, -0.2) is 73.6 Å². The van der Waals surface area contributed by atoms with E-state index in [1.54, 1.807) is 25.3 Å². The number of methoxy groups -OCH3 is 1. The molecule has 1 aromatic carbocycles. The number of likely N-dealkylation sites (tertiary alicyclic amines) is 2. The third-order valence-corrected chi connectivity index (χ3v) is 8.05. The second kappa shape index (κ2) is 13.1. The van der Waals surface area contributed by atoms with Crippen LogP contribution in [0.4, 0.5) is 0 Å². The highest BCUT2D eigenvalue weighted by Gasteiger charge is 2.28. The van der Waals surface area contributed by atoms with Crippen LogP contribution in [-0.2, 0) is 9.59 Å². The fourth-order valence-corrected chi connectivity index (χ4v) is 5.73. The van der Waals surface area contributed by atoms with Crippen LogP contribution in [0.1, 0.15) is 70.3 Å². The van der Waals surface area contributed by atoms with E-state index < -0.39 is 0 Å². The quantitative estimate of drug-likeness (QED) is 0.544. The normalized spacial score (nSPS) is 24.0. The van der Waals surface area contributed by atoms with Crippen molar-refractivity contribution in [2.24, 2.45) is 5.92 Å². The van der Waals surface area contributed by atoms with Crippen molar-refractivity contribution in [3.8, 4) is 11.5 Å². The lowest BCUT2D eigenvalue weighted by Gasteiger charge is -2.40. The number of benzene rings is 1. The lowest BCUT2D eigenvalue weighted by molar-refractivity contribution is -0.135. The fraction of sp³-hybridized carbons (Fsp3) is 0.655. The van der Waals surface area contributed by atoms with Gasteiger partial charge in [0, 0.05) is 31.2 Å². The van der Waals surface area contributed by atoms with Gasteiger partial charge in [-0.25, -0.2) is 0 Å². The van der Waals surface area contributed by atoms with Crippen molar-refractivity contribution in [3.05, 3.63) is 29.8 Å². The zero-order valence-corrected chi connectivity index (χ0v) is 22.0. The molecular formula is C29H43N3O4. The van der Waals surface area contributed by atoms with Crippen molar-refractivity contribution in [1.82, 2.24) is 15.1 Å². The van der Waals surface area contributed by atoms with Crippen LogP contribution in [0.25, 0.3) is 6.08 Å². The maximum absolute atomic E-state index is 12.8. The molecule has 4 rings (SSSR count). The van der Waals surface area contributed by atoms with Crippen LogP contribution in [0, 0.1) is 5.92 Å². The number of piperidine rings is 2. The van der Waals surface area contributed by atoms with Gasteiger partial charge in [-0.2, -0.15) is 0 Å². The molecule has 0 radical (unpaired) electrons. The predicted octanol–water partition coefficient (Wildman–Crippen LogP) is 4.26. The molecule has 3 fully saturated rings. The van der Waals surface area contributed by atoms with Crippen molar-refractivity contribution >= 4 is 17.9 Å². The summed E-state index contributed by atoms with van der Waals surface area (Å²) in [6, 6.07) is 6.39. The van der Waals surface area contributed by atoms with Crippen molar-refractivity contribution in [1.29, 1.82) is 0 Å². The van der Waals surface area contributed by atoms with Crippen LogP contribution in [0.5, 0.6) is 11.5 Å². The molecule has 1 N–H and O–H groups in total. The number of amides is 2. The van der Waals surface area contributed by atoms with E-state index in [0.29, 0.717) is 17.5 Å². The topological polar surface area (TPSA) is 71.1 Å². The van der Waals surface area contributed by atoms with Crippen molar-refractivity contribution in [2.75, 3.05) is 39.9 Å². The molecule has 0 aromatic heterocycles. The summed E-state index contributed by atoms with van der Waals surface area (Å²) in [5, 5.41) is 3.11. The Hall–Kier alpha value is -2.54. The highest BCUT2D eigenvalue weighted by molar-refractivity contribution is 5.92. The molecule has 198 valence electrons. The first kappa shape index (κ1) is 26.5. The number of nitrogens with one attached hydrogen (secondary N) is 1. The first-order valence-corrected chi connectivity index (χ1v) is 13.8. The Bertz CT molecular complexity index is 896. The molecule has 0 bridgehead atoms. The number of ether oxygens (including phenoxy) is 2. The summed E-state index contributed by atoms with van der Waals surface area (Å²) in [5.74, 6) is 1.80. The van der Waals surface area contributed by atoms with Crippen LogP contribution in [0.15, 0.2) is 24.3 Å². The number of rotatable bonds is 8. The molecule has 0 spiro atoms. The Morgan fingerprint density at radius 3 is 2.39 bits per heavy atom. The molecule has 36 heavy (non-hydrogen) atoms. The minimum absolute atomic E-state index is 0.00232. The number of nitrogens with zero attached hydrogens (tertiary/aromatic N) is 2. The smallest absolute Gasteiger partial charge is 0.260 e. The molecule has 7 heteroatoms. The summed E-state index contributed by atoms with van der Waals surface area (Å²) < 4.78 is 11.3. The Kier molecular flexibility index (Phi) is 9.67. The maximum atomic E-state index is 12.8. The summed E-state index contributed by atoms with van der Waals surface area (Å²) >= 11 is 0. The van der Waals surface area contributed by atoms with Crippen molar-refractivity contribution < 1.29 is 19.1 Å². The van der Waals surface area contributed by atoms with Gasteiger partial charge in [0.05, 0.1) is 7.11 Å². The van der Waals surface area contributed by atoms with Crippen molar-refractivity contribution in [2.45, 2.75) is 76.8 Å². The number of hydrogen-bond donors (Lipinski definition) is 1. The van der Waals surface area contributed by atoms with Gasteiger partial charge in [0.15, 0.2) is 18.1 Å². The number of carbonyl (C=O) groups excluding carboxylic acids is 2. The zero-order chi connectivity index (χ0) is 25.3. The van der Waals surface area contributed by atoms with E-state index in [-0.39, 0.29) is 24.5 Å². The van der Waals surface area contributed by atoms with Gasteiger partial charge in [-0.3, -0.25) is 9.59 Å². The molecule has 0 atom stereocenters. The highest BCUT2D eigenvalue weighted by atomic mass is 16.5. The number of hydrogen-bond acceptors (Lipinski definition) is 5. The standard InChI is InChI=1S/C29H43N3O4/c1-22-6-10-24(11-7-22)30-28(33)13-9-23-8-12-26(27(20-23)35-2)36-21-29(34)32-18-14-25(15-19-32)31-16-4-3-5-17-31/h8-9,12-13,20,22,24-25H,3-7,10-11,14-19,21H2,1-2H3,(H,30,33). The summed E-state index contributed by atoms with van der Waals surface area (Å²) in [6.45, 7) is 6.28. The Balaban J connectivity index is 1.23. The molecular weight excluding hydrogens is 454 g/mol. The Morgan fingerprint density at radius 2 is 1.69 bits per heavy atom. The molecule has 2 amide bonds. The zero-order valence-electron chi connectivity index (χ0n) is 22.0. The summed E-state index contributed by atoms with van der Waals surface area (Å²) in [6.07, 6.45) is 13.8. The molecule has 7 nitrogen and oxygen atoms in total. The second-order valence-corrected chi connectivity index (χ2v) is 10.7. The lowest BCUT2D eigenvalue weighted by atomic mass is 9.87. The molecule has 1 saturated carbocycles. The first-order chi connectivity index (χ1) is 17.5. The van der Waals surface area contributed by atoms with Crippen LogP contribution in [0.3, 0.4) is 0 Å². The van der Waals surface area contributed by atoms with Crippen LogP contribution >= 0.6 is 0 Å². The average Bonchev–Trinajstić information content (AvgIpc) is 2.92. The van der Waals surface area contributed by atoms with Crippen LogP contribution < -0.4 is 14.8 Å². The third kappa shape index (κ3) is 7.48. The molecule has 3 aliphatic rings. The second-order valence-electron chi connectivity index (χ2n) is 10.7. The Morgan fingerprint density at radius 1 is 0.972 bits per heavy atom. The van der Waals surface area contributed by atoms with E-state index in [2.05, 4.69) is 17.1 Å². The van der Waals surface area contributed by atoms with E-state index in [1.807, 2.05) is 17.0 Å². The SMILES string of the molecule is COc1cc(C=CC(=O)NC2CCC(C)CC2)ccc1OCC(=O)N1CCC(N2CCCCC2)CC1. The summed E-state index contributed by atoms with van der Waals surface area (Å²) in [5.41, 5.74) is 0.845. The van der Waals surface area contributed by atoms with Gasteiger partial charge in [-0.1, -0.05) is 19.4 Å². The van der Waals surface area contributed by atoms with Gasteiger partial charge < -0.3 is 24.6 Å². The van der Waals surface area contributed by atoms with Gasteiger partial charge in [-0.05, 0) is 94.1 Å². The minimum Gasteiger partial charge on any atom is -0.493 e.